The van der Waals surface area contributed by atoms with E-state index in [1.165, 1.54) is 20.7 Å². The highest BCUT2D eigenvalue weighted by Gasteiger charge is 2.52. The van der Waals surface area contributed by atoms with Crippen molar-refractivity contribution in [2.45, 2.75) is 96.0 Å². The van der Waals surface area contributed by atoms with Crippen LogP contribution in [0, 0.1) is 0 Å². The molecule has 1 fully saturated rings. The number of carbonyl (C=O) groups is 1. The van der Waals surface area contributed by atoms with E-state index < -0.39 is 16.6 Å². The summed E-state index contributed by atoms with van der Waals surface area (Å²) in [5, 5.41) is 23.8. The molecule has 0 spiro atoms. The molecule has 4 aliphatic heterocycles. The van der Waals surface area contributed by atoms with Gasteiger partial charge in [0.25, 0.3) is 22.5 Å². The molecule has 0 bridgehead atoms. The number of rotatable bonds is 19. The minimum Gasteiger partial charge on any atom is -0.489 e. The summed E-state index contributed by atoms with van der Waals surface area (Å²) in [6, 6.07) is 58.5. The number of hydrogen-bond acceptors (Lipinski definition) is 9. The molecule has 0 saturated carbocycles. The zero-order valence-electron chi connectivity index (χ0n) is 47.7. The Hall–Kier alpha value is -7.05. The number of aliphatic imine (C=N–C) groups is 1. The maximum absolute atomic E-state index is 14.4. The van der Waals surface area contributed by atoms with Gasteiger partial charge in [0.1, 0.15) is 19.0 Å². The first-order valence-corrected chi connectivity index (χ1v) is 32.6. The number of guanidine groups is 2. The van der Waals surface area contributed by atoms with Crippen LogP contribution in [0.1, 0.15) is 88.7 Å². The molecule has 2 atom stereocenters. The number of nitrogens with zero attached hydrogens (tertiary/aromatic N) is 5. The van der Waals surface area contributed by atoms with E-state index in [1.54, 1.807) is 18.2 Å². The van der Waals surface area contributed by atoms with E-state index in [0.29, 0.717) is 50.0 Å². The van der Waals surface area contributed by atoms with Crippen molar-refractivity contribution in [3.05, 3.63) is 187 Å². The largest absolute Gasteiger partial charge is 0.489 e. The van der Waals surface area contributed by atoms with E-state index in [4.69, 9.17) is 18.6 Å². The molecule has 0 unspecified atom stereocenters. The van der Waals surface area contributed by atoms with E-state index >= 15 is 0 Å². The zero-order valence-corrected chi connectivity index (χ0v) is 49.7. The van der Waals surface area contributed by atoms with Crippen LogP contribution < -0.4 is 41.1 Å². The maximum Gasteiger partial charge on any atom is 0.367 e. The van der Waals surface area contributed by atoms with E-state index in [9.17, 15) is 9.90 Å². The van der Waals surface area contributed by atoms with Gasteiger partial charge in [-0.1, -0.05) is 193 Å². The highest BCUT2D eigenvalue weighted by molar-refractivity contribution is 7.00. The highest BCUT2D eigenvalue weighted by atomic mass is 28.4. The third-order valence-electron chi connectivity index (χ3n) is 16.4. The van der Waals surface area contributed by atoms with Crippen LogP contribution in [-0.2, 0) is 15.5 Å². The van der Waals surface area contributed by atoms with E-state index in [0.717, 1.165) is 82.4 Å². The van der Waals surface area contributed by atoms with Crippen molar-refractivity contribution in [1.29, 1.82) is 0 Å². The summed E-state index contributed by atoms with van der Waals surface area (Å²) in [4.78, 5) is 29.9. The Labute approximate surface area is 476 Å². The number of fused-ring (bicyclic) bond motifs is 1. The Kier molecular flexibility index (Phi) is 17.4. The molecule has 4 aliphatic rings. The molecule has 0 aromatic heterocycles. The molecule has 1 saturated heterocycles. The Bertz CT molecular complexity index is 3040. The first-order chi connectivity index (χ1) is 38.7. The third-order valence-corrected chi connectivity index (χ3v) is 26.4. The molecule has 4 N–H and O–H groups in total. The van der Waals surface area contributed by atoms with E-state index in [2.05, 4.69) is 198 Å². The Balaban J connectivity index is 0.843. The number of ether oxygens (including phenoxy) is 1. The lowest BCUT2D eigenvalue weighted by atomic mass is 10.1. The number of carbonyl (C=O) groups excluding carboxylic acids is 1. The maximum atomic E-state index is 14.4. The lowest BCUT2D eigenvalue weighted by Gasteiger charge is -2.45. The van der Waals surface area contributed by atoms with E-state index in [-0.39, 0.29) is 34.0 Å². The van der Waals surface area contributed by atoms with Crippen LogP contribution in [0.5, 0.6) is 5.75 Å². The molecule has 4 heterocycles. The van der Waals surface area contributed by atoms with Crippen LogP contribution in [0.3, 0.4) is 0 Å². The van der Waals surface area contributed by atoms with Crippen LogP contribution in [0.4, 0.5) is 0 Å². The Morgan fingerprint density at radius 1 is 0.662 bits per heavy atom. The number of aliphatic hydroxyl groups excluding tert-OH is 1. The van der Waals surface area contributed by atoms with Gasteiger partial charge in [-0.15, -0.1) is 0 Å². The average molecular weight is 1110 g/mol. The Morgan fingerprint density at radius 2 is 1.20 bits per heavy atom. The molecule has 10 rings (SSSR count). The van der Waals surface area contributed by atoms with Gasteiger partial charge in [0.05, 0.1) is 50.5 Å². The van der Waals surface area contributed by atoms with Crippen LogP contribution in [-0.4, -0.2) is 143 Å². The van der Waals surface area contributed by atoms with E-state index in [1.807, 2.05) is 30.3 Å². The molecular weight excluding hydrogens is 1030 g/mol. The molecule has 1 amide bonds. The van der Waals surface area contributed by atoms with Gasteiger partial charge in [-0.3, -0.25) is 19.6 Å². The normalized spacial score (nSPS) is 18.2. The zero-order chi connectivity index (χ0) is 55.7. The van der Waals surface area contributed by atoms with Crippen molar-refractivity contribution in [1.82, 2.24) is 25.3 Å². The summed E-state index contributed by atoms with van der Waals surface area (Å²) in [5.74, 6) is 2.10. The van der Waals surface area contributed by atoms with Crippen molar-refractivity contribution >= 4 is 61.1 Å². The predicted molar refractivity (Wildman–Crippen MR) is 326 cm³/mol. The number of nitrogens with one attached hydrogen (secondary N) is 3. The molecule has 6 aromatic rings. The first-order valence-electron chi connectivity index (χ1n) is 28.8. The summed E-state index contributed by atoms with van der Waals surface area (Å²) >= 11 is 0. The number of amides is 1. The fourth-order valence-corrected chi connectivity index (χ4v) is 21.5. The van der Waals surface area contributed by atoms with Crippen LogP contribution in [0.2, 0.25) is 10.1 Å². The molecule has 418 valence electrons. The quantitative estimate of drug-likeness (QED) is 0.0334. The minimum absolute atomic E-state index is 0.0311. The second-order valence-corrected chi connectivity index (χ2v) is 32.5. The summed E-state index contributed by atoms with van der Waals surface area (Å²) in [7, 11) is -5.50. The van der Waals surface area contributed by atoms with Gasteiger partial charge in [-0.2, -0.15) is 4.99 Å². The molecule has 13 nitrogen and oxygen atoms in total. The monoisotopic (exact) mass is 1110 g/mol. The number of aliphatic hydroxyl groups is 1. The second kappa shape index (κ2) is 24.8. The SMILES string of the molecule is CC(C)(C)[Si](OC[C@@H]1CCN2CCCN(C[NH+]=C(O)c3cc(OCc4ccccc4)cc(C(=O)NCN4CCC[N+]5=C4N[C@H](CO[Si](c4ccccc4)(c4ccccc4)C(C)(C)C)CC5)c3)C2=N1)(c1ccccc1)c1ccccc1. The van der Waals surface area contributed by atoms with Crippen molar-refractivity contribution < 1.29 is 33.1 Å². The van der Waals surface area contributed by atoms with Crippen LogP contribution >= 0.6 is 0 Å². The van der Waals surface area contributed by atoms with Gasteiger partial charge in [0.15, 0.2) is 0 Å². The predicted octanol–water partition coefficient (Wildman–Crippen LogP) is 6.02. The molecule has 6 aromatic carbocycles. The van der Waals surface area contributed by atoms with Gasteiger partial charge in [0.2, 0.25) is 12.6 Å². The summed E-state index contributed by atoms with van der Waals surface area (Å²) in [5.41, 5.74) is 1.83. The molecule has 0 radical (unpaired) electrons. The highest BCUT2D eigenvalue weighted by Crippen LogP contribution is 2.38. The van der Waals surface area contributed by atoms with Crippen molar-refractivity contribution in [3.8, 4) is 5.75 Å². The molecule has 0 aliphatic carbocycles. The fourth-order valence-electron chi connectivity index (χ4n) is 12.3. The number of benzene rings is 6. The fraction of sp³-hybridized carbons (Fsp3) is 0.385. The van der Waals surface area contributed by atoms with Crippen LogP contribution in [0.25, 0.3) is 0 Å². The van der Waals surface area contributed by atoms with Gasteiger partial charge >= 0.3 is 11.9 Å². The number of hydrogen-bond donors (Lipinski definition) is 4. The lowest BCUT2D eigenvalue weighted by molar-refractivity contribution is -0.546. The Morgan fingerprint density at radius 3 is 1.77 bits per heavy atom. The van der Waals surface area contributed by atoms with Crippen molar-refractivity contribution in [3.63, 3.8) is 0 Å². The summed E-state index contributed by atoms with van der Waals surface area (Å²) < 4.78 is 23.5. The second-order valence-electron chi connectivity index (χ2n) is 23.8. The molecule has 80 heavy (non-hydrogen) atoms. The van der Waals surface area contributed by atoms with Crippen molar-refractivity contribution in [2.24, 2.45) is 4.99 Å². The smallest absolute Gasteiger partial charge is 0.367 e. The van der Waals surface area contributed by atoms with Crippen LogP contribution in [0.15, 0.2) is 175 Å². The standard InChI is InChI=1S/C65H80N8O5Si2/c1-64(2,3)79(56-26-14-8-15-27-56,57-28-16-9-17-29-57)77-46-53-34-40-70-36-22-38-72(62(70)68-53)48-66-60(74)51-42-52(44-55(43-51)76-45-50-24-12-7-13-25-50)61(75)67-49-73-39-23-37-71-41-35-54(69-63(71)73)47-78-80(65(4,5)6,58-30-18-10-19-31-58)59-32-20-11-21-33-59/h7-21,24-33,42-44,53-54H,22-23,34-41,45-49H2,1-6H3,(H2,66,67,74,75)/p+2/t53-,54-/m0/s1. The minimum atomic E-state index is -2.76. The van der Waals surface area contributed by atoms with Crippen molar-refractivity contribution in [2.75, 3.05) is 65.8 Å². The lowest BCUT2D eigenvalue weighted by Crippen LogP contribution is -2.79. The molecular formula is C65H82N8O5Si2+2. The first kappa shape index (κ1) is 56.2. The third kappa shape index (κ3) is 12.3. The topological polar surface area (TPSA) is 128 Å². The summed E-state index contributed by atoms with van der Waals surface area (Å²) in [6.45, 7) is 21.1. The average Bonchev–Trinajstić information content (AvgIpc) is 3.60. The molecule has 15 heteroatoms. The van der Waals surface area contributed by atoms with Gasteiger partial charge in [0, 0.05) is 38.0 Å². The van der Waals surface area contributed by atoms with Gasteiger partial charge in [-0.25, -0.2) is 9.89 Å². The van der Waals surface area contributed by atoms with Gasteiger partial charge < -0.3 is 28.9 Å². The summed E-state index contributed by atoms with van der Waals surface area (Å²) in [6.07, 6.45) is 3.78. The van der Waals surface area contributed by atoms with Gasteiger partial charge in [-0.05, 0) is 67.4 Å².